The lowest BCUT2D eigenvalue weighted by atomic mass is 9.96. The summed E-state index contributed by atoms with van der Waals surface area (Å²) in [4.78, 5) is 9.44. The van der Waals surface area contributed by atoms with Gasteiger partial charge in [0.25, 0.3) is 10.1 Å². The van der Waals surface area contributed by atoms with Gasteiger partial charge in [-0.2, -0.15) is 18.4 Å². The van der Waals surface area contributed by atoms with Crippen molar-refractivity contribution in [2.75, 3.05) is 10.6 Å². The molecule has 4 N–H and O–H groups in total. The summed E-state index contributed by atoms with van der Waals surface area (Å²) in [5, 5.41) is 28.7. The Balaban J connectivity index is 0.821. The summed E-state index contributed by atoms with van der Waals surface area (Å²) in [6.45, 7) is 0. The van der Waals surface area contributed by atoms with Gasteiger partial charge in [-0.1, -0.05) is 181 Å². The van der Waals surface area contributed by atoms with Crippen molar-refractivity contribution in [1.29, 1.82) is 0 Å². The van der Waals surface area contributed by atoms with Crippen LogP contribution >= 0.6 is 12.0 Å². The first kappa shape index (κ1) is 51.4. The second-order valence-corrected chi connectivity index (χ2v) is 21.3. The predicted octanol–water partition coefficient (Wildman–Crippen LogP) is 17.2. The number of rotatable bonds is 18. The SMILES string of the molecule is O=S(=O)(O)c1cc(Nc2cc(Cc3ccc4ccccc4c3)cc(Cc3ccc4ccccc4c3)c2)ccc1C=Cc1ccc(Nc2cc(Oc3ccc4ccccc4c3)nc(Oc3ccc4ccccc4c3)n2)cc1SOOO. The Morgan fingerprint density at radius 2 is 0.950 bits per heavy atom. The Labute approximate surface area is 465 Å². The maximum Gasteiger partial charge on any atom is 0.327 e. The molecule has 0 aliphatic rings. The number of hydrogen-bond acceptors (Lipinski definition) is 12. The van der Waals surface area contributed by atoms with Crippen molar-refractivity contribution in [3.05, 3.63) is 264 Å². The van der Waals surface area contributed by atoms with Crippen LogP contribution in [0.1, 0.15) is 33.4 Å². The van der Waals surface area contributed by atoms with E-state index in [1.165, 1.54) is 16.8 Å². The molecule has 392 valence electrons. The van der Waals surface area contributed by atoms with E-state index >= 15 is 0 Å². The molecule has 12 aromatic rings. The van der Waals surface area contributed by atoms with Crippen molar-refractivity contribution in [1.82, 2.24) is 9.97 Å². The van der Waals surface area contributed by atoms with Gasteiger partial charge in [0, 0.05) is 28.0 Å². The number of hydrogen-bond donors (Lipinski definition) is 4. The van der Waals surface area contributed by atoms with Crippen LogP contribution in [0.5, 0.6) is 23.4 Å². The maximum absolute atomic E-state index is 13.1. The van der Waals surface area contributed by atoms with Crippen molar-refractivity contribution >= 4 is 100 Å². The quantitative estimate of drug-likeness (QED) is 0.0211. The molecule has 12 nitrogen and oxygen atoms in total. The first-order valence-corrected chi connectivity index (χ1v) is 27.7. The average Bonchev–Trinajstić information content (AvgIpc) is 3.48. The highest BCUT2D eigenvalue weighted by atomic mass is 32.2. The van der Waals surface area contributed by atoms with E-state index in [0.717, 1.165) is 60.3 Å². The van der Waals surface area contributed by atoms with E-state index in [-0.39, 0.29) is 22.3 Å². The van der Waals surface area contributed by atoms with E-state index in [4.69, 9.17) is 13.8 Å². The predicted molar refractivity (Wildman–Crippen MR) is 319 cm³/mol. The summed E-state index contributed by atoms with van der Waals surface area (Å²) in [5.41, 5.74) is 6.98. The lowest BCUT2D eigenvalue weighted by molar-refractivity contribution is -0.432. The van der Waals surface area contributed by atoms with Crippen molar-refractivity contribution in [2.45, 2.75) is 22.6 Å². The second kappa shape index (κ2) is 22.9. The minimum absolute atomic E-state index is 0.0234. The zero-order valence-corrected chi connectivity index (χ0v) is 44.2. The molecule has 0 radical (unpaired) electrons. The van der Waals surface area contributed by atoms with Gasteiger partial charge in [-0.05, 0) is 150 Å². The minimum atomic E-state index is -4.74. The lowest BCUT2D eigenvalue weighted by Crippen LogP contribution is -2.03. The number of ether oxygens (including phenoxy) is 2. The molecule has 0 bridgehead atoms. The van der Waals surface area contributed by atoms with Crippen LogP contribution in [0.15, 0.2) is 240 Å². The lowest BCUT2D eigenvalue weighted by Gasteiger charge is -2.14. The van der Waals surface area contributed by atoms with Gasteiger partial charge < -0.3 is 20.1 Å². The zero-order chi connectivity index (χ0) is 54.4. The third-order valence-corrected chi connectivity index (χ3v) is 15.1. The molecule has 0 aliphatic carbocycles. The van der Waals surface area contributed by atoms with Crippen molar-refractivity contribution < 1.29 is 37.1 Å². The molecule has 11 aromatic carbocycles. The third-order valence-electron chi connectivity index (χ3n) is 13.5. The molecule has 1 heterocycles. The zero-order valence-electron chi connectivity index (χ0n) is 42.6. The summed E-state index contributed by atoms with van der Waals surface area (Å²) in [6.07, 6.45) is 4.57. The molecule has 0 aliphatic heterocycles. The van der Waals surface area contributed by atoms with Crippen molar-refractivity contribution in [3.63, 3.8) is 0 Å². The summed E-state index contributed by atoms with van der Waals surface area (Å²) in [7, 11) is -4.74. The number of benzene rings is 11. The van der Waals surface area contributed by atoms with E-state index in [1.54, 1.807) is 48.6 Å². The van der Waals surface area contributed by atoms with Crippen LogP contribution in [0.25, 0.3) is 55.2 Å². The molecule has 0 saturated heterocycles. The van der Waals surface area contributed by atoms with Crippen LogP contribution in [-0.4, -0.2) is 28.2 Å². The molecular formula is C66H48N4O8S2. The Hall–Kier alpha value is -9.38. The van der Waals surface area contributed by atoms with Gasteiger partial charge in [-0.25, -0.2) is 5.26 Å². The second-order valence-electron chi connectivity index (χ2n) is 19.1. The number of nitrogens with zero attached hydrogens (tertiary/aromatic N) is 2. The van der Waals surface area contributed by atoms with E-state index in [2.05, 4.69) is 105 Å². The van der Waals surface area contributed by atoms with Gasteiger partial charge in [-0.3, -0.25) is 4.55 Å². The van der Waals surface area contributed by atoms with Gasteiger partial charge in [0.05, 0.1) is 12.0 Å². The van der Waals surface area contributed by atoms with E-state index < -0.39 is 10.1 Å². The van der Waals surface area contributed by atoms with Crippen LogP contribution in [0.4, 0.5) is 22.9 Å². The minimum Gasteiger partial charge on any atom is -0.439 e. The van der Waals surface area contributed by atoms with Gasteiger partial charge in [0.2, 0.25) is 5.88 Å². The molecule has 0 amide bonds. The smallest absolute Gasteiger partial charge is 0.327 e. The van der Waals surface area contributed by atoms with Crippen molar-refractivity contribution in [3.8, 4) is 23.4 Å². The van der Waals surface area contributed by atoms with Crippen LogP contribution in [-0.2, 0) is 32.3 Å². The van der Waals surface area contributed by atoms with Gasteiger partial charge in [0.15, 0.2) is 0 Å². The summed E-state index contributed by atoms with van der Waals surface area (Å²) in [5.74, 6) is 1.62. The molecule has 14 heteroatoms. The monoisotopic (exact) mass is 1090 g/mol. The standard InChI is InChI=1S/C66H48N4O8S2/c71-77-78-79-62-40-57(68-64-42-65(75-60-29-25-49-11-3-7-15-55(49)38-60)70-66(69-64)76-61-30-26-50-12-4-8-16-56(50)39-61)27-23-51(62)21-22-52-24-28-58(41-63(52)80(72,73)74)67-59-36-45(31-43-17-19-47-9-1-5-13-53(47)34-43)33-46(37-59)32-44-18-20-48-10-2-6-14-54(48)35-44/h1-30,33-42,67,71H,31-32H2,(H,68,69,70)(H,72,73,74). The fourth-order valence-electron chi connectivity index (χ4n) is 9.80. The first-order valence-electron chi connectivity index (χ1n) is 25.5. The fourth-order valence-corrected chi connectivity index (χ4v) is 11.0. The summed E-state index contributed by atoms with van der Waals surface area (Å²) < 4.78 is 54.4. The third kappa shape index (κ3) is 12.3. The number of nitrogens with one attached hydrogen (secondary N) is 2. The van der Waals surface area contributed by atoms with Gasteiger partial charge >= 0.3 is 6.01 Å². The topological polar surface area (TPSA) is 161 Å². The van der Waals surface area contributed by atoms with Crippen molar-refractivity contribution in [2.24, 2.45) is 0 Å². The Bertz CT molecular complexity index is 4240. The molecule has 0 saturated carbocycles. The highest BCUT2D eigenvalue weighted by molar-refractivity contribution is 7.94. The molecule has 1 aromatic heterocycles. The maximum atomic E-state index is 13.1. The summed E-state index contributed by atoms with van der Waals surface area (Å²) >= 11 is 0.712. The van der Waals surface area contributed by atoms with Crippen LogP contribution < -0.4 is 20.1 Å². The van der Waals surface area contributed by atoms with Crippen LogP contribution in [0.2, 0.25) is 0 Å². The normalized spacial score (nSPS) is 11.7. The Morgan fingerprint density at radius 3 is 1.51 bits per heavy atom. The fraction of sp³-hybridized carbons (Fsp3) is 0.0303. The number of anilines is 4. The largest absolute Gasteiger partial charge is 0.439 e. The first-order chi connectivity index (χ1) is 39.1. The number of aromatic nitrogens is 2. The molecular weight excluding hydrogens is 1040 g/mol. The van der Waals surface area contributed by atoms with Crippen LogP contribution in [0.3, 0.4) is 0 Å². The van der Waals surface area contributed by atoms with Gasteiger partial charge in [-0.15, -0.1) is 4.33 Å². The molecule has 0 fully saturated rings. The Morgan fingerprint density at radius 1 is 0.450 bits per heavy atom. The highest BCUT2D eigenvalue weighted by Crippen LogP contribution is 2.35. The molecule has 0 atom stereocenters. The summed E-state index contributed by atoms with van der Waals surface area (Å²) in [6, 6.07) is 75.0. The van der Waals surface area contributed by atoms with Crippen LogP contribution in [0, 0.1) is 0 Å². The molecule has 12 rings (SSSR count). The number of fused-ring (bicyclic) bond motifs is 4. The molecule has 0 spiro atoms. The average molecular weight is 1090 g/mol. The van der Waals surface area contributed by atoms with E-state index in [0.29, 0.717) is 64.0 Å². The molecule has 80 heavy (non-hydrogen) atoms. The van der Waals surface area contributed by atoms with Gasteiger partial charge in [0.1, 0.15) is 22.2 Å². The van der Waals surface area contributed by atoms with E-state index in [9.17, 15) is 18.2 Å². The van der Waals surface area contributed by atoms with E-state index in [1.807, 2.05) is 109 Å². The molecule has 0 unspecified atom stereocenters. The highest BCUT2D eigenvalue weighted by Gasteiger charge is 2.18. The Kier molecular flexibility index (Phi) is 14.7.